The summed E-state index contributed by atoms with van der Waals surface area (Å²) >= 11 is 8.18. The number of hydrogen-bond acceptors (Lipinski definition) is 6. The molecule has 2 aromatic rings. The number of thioether (sulfide) groups is 1. The summed E-state index contributed by atoms with van der Waals surface area (Å²) < 4.78 is 2.94. The first-order chi connectivity index (χ1) is 7.69. The standard InChI is InChI=1S/C9H8BrN3S3/c1-5-3-7(11-4-6(5)10)15-9-13-12-8(14-2)16-9/h3-4H,1-2H3. The molecule has 0 fully saturated rings. The van der Waals surface area contributed by atoms with Crippen LogP contribution in [0.1, 0.15) is 5.56 Å². The van der Waals surface area contributed by atoms with E-state index in [0.717, 1.165) is 18.2 Å². The van der Waals surface area contributed by atoms with Crippen molar-refractivity contribution in [2.24, 2.45) is 0 Å². The smallest absolute Gasteiger partial charge is 0.181 e. The van der Waals surface area contributed by atoms with E-state index in [0.29, 0.717) is 0 Å². The van der Waals surface area contributed by atoms with Gasteiger partial charge in [0, 0.05) is 10.7 Å². The Balaban J connectivity index is 2.17. The van der Waals surface area contributed by atoms with Crippen molar-refractivity contribution < 1.29 is 0 Å². The van der Waals surface area contributed by atoms with Crippen molar-refractivity contribution in [3.8, 4) is 0 Å². The van der Waals surface area contributed by atoms with Gasteiger partial charge in [-0.15, -0.1) is 10.2 Å². The van der Waals surface area contributed by atoms with Crippen LogP contribution in [0.5, 0.6) is 0 Å². The Kier molecular flexibility index (Phi) is 4.23. The van der Waals surface area contributed by atoms with Crippen LogP contribution in [0.4, 0.5) is 0 Å². The molecule has 0 aliphatic carbocycles. The highest BCUT2D eigenvalue weighted by Gasteiger charge is 2.07. The molecule has 0 N–H and O–H groups in total. The molecule has 2 aromatic heterocycles. The van der Waals surface area contributed by atoms with Gasteiger partial charge in [-0.1, -0.05) is 23.1 Å². The monoisotopic (exact) mass is 333 g/mol. The van der Waals surface area contributed by atoms with Gasteiger partial charge < -0.3 is 0 Å². The van der Waals surface area contributed by atoms with Crippen LogP contribution >= 0.6 is 50.8 Å². The van der Waals surface area contributed by atoms with Crippen molar-refractivity contribution in [1.82, 2.24) is 15.2 Å². The number of nitrogens with zero attached hydrogens (tertiary/aromatic N) is 3. The van der Waals surface area contributed by atoms with Gasteiger partial charge in [-0.05, 0) is 52.5 Å². The molecule has 0 saturated heterocycles. The van der Waals surface area contributed by atoms with Gasteiger partial charge in [0.15, 0.2) is 8.68 Å². The molecule has 16 heavy (non-hydrogen) atoms. The number of pyridine rings is 1. The highest BCUT2D eigenvalue weighted by atomic mass is 79.9. The lowest BCUT2D eigenvalue weighted by atomic mass is 10.3. The third kappa shape index (κ3) is 2.97. The van der Waals surface area contributed by atoms with Crippen molar-refractivity contribution >= 4 is 50.8 Å². The summed E-state index contributed by atoms with van der Waals surface area (Å²) in [5, 5.41) is 9.09. The second-order valence-corrected chi connectivity index (χ2v) is 7.06. The quantitative estimate of drug-likeness (QED) is 0.797. The second-order valence-electron chi connectivity index (χ2n) is 2.91. The van der Waals surface area contributed by atoms with Crippen molar-refractivity contribution in [3.05, 3.63) is 22.3 Å². The van der Waals surface area contributed by atoms with E-state index in [2.05, 4.69) is 31.1 Å². The Hall–Kier alpha value is -0.110. The fourth-order valence-corrected chi connectivity index (χ4v) is 3.62. The van der Waals surface area contributed by atoms with Gasteiger partial charge in [-0.2, -0.15) is 0 Å². The average molecular weight is 334 g/mol. The predicted octanol–water partition coefficient (Wildman–Crippen LogP) is 3.88. The van der Waals surface area contributed by atoms with Crippen LogP contribution in [0.25, 0.3) is 0 Å². The molecule has 2 heterocycles. The zero-order valence-corrected chi connectivity index (χ0v) is 12.6. The minimum atomic E-state index is 0.929. The fraction of sp³-hybridized carbons (Fsp3) is 0.222. The normalized spacial score (nSPS) is 10.7. The summed E-state index contributed by atoms with van der Waals surface area (Å²) in [4.78, 5) is 4.32. The van der Waals surface area contributed by atoms with Gasteiger partial charge in [0.2, 0.25) is 0 Å². The summed E-state index contributed by atoms with van der Waals surface area (Å²) in [6.07, 6.45) is 3.81. The summed E-state index contributed by atoms with van der Waals surface area (Å²) in [5.41, 5.74) is 1.17. The minimum Gasteiger partial charge on any atom is -0.248 e. The fourth-order valence-electron chi connectivity index (χ4n) is 0.980. The van der Waals surface area contributed by atoms with E-state index < -0.39 is 0 Å². The lowest BCUT2D eigenvalue weighted by Gasteiger charge is -1.99. The van der Waals surface area contributed by atoms with Gasteiger partial charge in [-0.25, -0.2) is 4.98 Å². The van der Waals surface area contributed by atoms with Gasteiger partial charge in [0.25, 0.3) is 0 Å². The molecular weight excluding hydrogens is 326 g/mol. The molecule has 7 heteroatoms. The van der Waals surface area contributed by atoms with Crippen LogP contribution in [0.15, 0.2) is 30.4 Å². The van der Waals surface area contributed by atoms with E-state index >= 15 is 0 Å². The molecule has 84 valence electrons. The highest BCUT2D eigenvalue weighted by Crippen LogP contribution is 2.32. The van der Waals surface area contributed by atoms with Gasteiger partial charge in [0.05, 0.1) is 0 Å². The largest absolute Gasteiger partial charge is 0.248 e. The van der Waals surface area contributed by atoms with Gasteiger partial charge in [-0.3, -0.25) is 0 Å². The maximum atomic E-state index is 4.32. The van der Waals surface area contributed by atoms with Crippen LogP contribution in [0.2, 0.25) is 0 Å². The summed E-state index contributed by atoms with van der Waals surface area (Å²) in [6.45, 7) is 2.04. The molecule has 3 nitrogen and oxygen atoms in total. The number of aromatic nitrogens is 3. The van der Waals surface area contributed by atoms with E-state index in [4.69, 9.17) is 0 Å². The molecule has 0 aromatic carbocycles. The van der Waals surface area contributed by atoms with E-state index in [-0.39, 0.29) is 0 Å². The molecular formula is C9H8BrN3S3. The lowest BCUT2D eigenvalue weighted by molar-refractivity contribution is 0.953. The molecule has 0 spiro atoms. The Morgan fingerprint density at radius 2 is 2.06 bits per heavy atom. The van der Waals surface area contributed by atoms with E-state index in [1.807, 2.05) is 25.4 Å². The Morgan fingerprint density at radius 3 is 2.69 bits per heavy atom. The average Bonchev–Trinajstić information content (AvgIpc) is 2.71. The molecule has 0 aliphatic heterocycles. The van der Waals surface area contributed by atoms with Crippen molar-refractivity contribution in [1.29, 1.82) is 0 Å². The summed E-state index contributed by atoms with van der Waals surface area (Å²) in [7, 11) is 0. The van der Waals surface area contributed by atoms with E-state index in [1.54, 1.807) is 34.9 Å². The Morgan fingerprint density at radius 1 is 1.31 bits per heavy atom. The second kappa shape index (κ2) is 5.48. The van der Waals surface area contributed by atoms with Crippen LogP contribution in [0, 0.1) is 6.92 Å². The Bertz CT molecular complexity index is 500. The van der Waals surface area contributed by atoms with Crippen molar-refractivity contribution in [2.45, 2.75) is 20.6 Å². The molecule has 0 aliphatic rings. The number of hydrogen-bond donors (Lipinski definition) is 0. The van der Waals surface area contributed by atoms with Gasteiger partial charge in [0.1, 0.15) is 5.03 Å². The Labute approximate surface area is 115 Å². The van der Waals surface area contributed by atoms with Crippen LogP contribution in [-0.2, 0) is 0 Å². The van der Waals surface area contributed by atoms with Crippen LogP contribution in [-0.4, -0.2) is 21.4 Å². The number of aryl methyl sites for hydroxylation is 1. The number of rotatable bonds is 3. The third-order valence-corrected chi connectivity index (χ3v) is 5.49. The zero-order chi connectivity index (χ0) is 11.5. The number of halogens is 1. The highest BCUT2D eigenvalue weighted by molar-refractivity contribution is 9.10. The lowest BCUT2D eigenvalue weighted by Crippen LogP contribution is -1.83. The predicted molar refractivity (Wildman–Crippen MR) is 72.5 cm³/mol. The first-order valence-corrected chi connectivity index (χ1v) is 8.01. The molecule has 0 saturated carbocycles. The summed E-state index contributed by atoms with van der Waals surface area (Å²) in [5.74, 6) is 0. The SMILES string of the molecule is CSc1nnc(Sc2cc(C)c(Br)cn2)s1. The molecule has 0 amide bonds. The van der Waals surface area contributed by atoms with E-state index in [1.165, 1.54) is 5.56 Å². The molecule has 0 atom stereocenters. The van der Waals surface area contributed by atoms with Gasteiger partial charge >= 0.3 is 0 Å². The minimum absolute atomic E-state index is 0.929. The van der Waals surface area contributed by atoms with Crippen molar-refractivity contribution in [3.63, 3.8) is 0 Å². The topological polar surface area (TPSA) is 38.7 Å². The van der Waals surface area contributed by atoms with Crippen molar-refractivity contribution in [2.75, 3.05) is 6.26 Å². The van der Waals surface area contributed by atoms with Crippen LogP contribution in [0.3, 0.4) is 0 Å². The molecule has 0 radical (unpaired) electrons. The maximum absolute atomic E-state index is 4.32. The summed E-state index contributed by atoms with van der Waals surface area (Å²) in [6, 6.07) is 2.04. The first kappa shape index (κ1) is 12.3. The maximum Gasteiger partial charge on any atom is 0.181 e. The first-order valence-electron chi connectivity index (χ1n) is 4.36. The molecule has 2 rings (SSSR count). The molecule has 0 unspecified atom stereocenters. The molecule has 0 bridgehead atoms. The third-order valence-electron chi connectivity index (χ3n) is 1.78. The zero-order valence-electron chi connectivity index (χ0n) is 8.60. The van der Waals surface area contributed by atoms with Crippen LogP contribution < -0.4 is 0 Å². The van der Waals surface area contributed by atoms with E-state index in [9.17, 15) is 0 Å².